The summed E-state index contributed by atoms with van der Waals surface area (Å²) in [6.07, 6.45) is 0. The highest BCUT2D eigenvalue weighted by Crippen LogP contribution is 2.17. The number of amides is 1. The van der Waals surface area contributed by atoms with Gasteiger partial charge in [0.1, 0.15) is 0 Å². The number of carbonyl (C=O) groups is 1. The van der Waals surface area contributed by atoms with Crippen LogP contribution in [0.2, 0.25) is 0 Å². The molecule has 106 valence electrons. The van der Waals surface area contributed by atoms with Crippen LogP contribution in [0.15, 0.2) is 48.5 Å². The maximum absolute atomic E-state index is 10.9. The molecule has 2 aromatic carbocycles. The van der Waals surface area contributed by atoms with Crippen LogP contribution in [-0.4, -0.2) is 16.1 Å². The summed E-state index contributed by atoms with van der Waals surface area (Å²) >= 11 is 0. The Hall–Kier alpha value is -2.17. The van der Waals surface area contributed by atoms with Gasteiger partial charge in [-0.25, -0.2) is 0 Å². The van der Waals surface area contributed by atoms with Gasteiger partial charge in [0, 0.05) is 5.56 Å². The average molecular weight is 273 g/mol. The van der Waals surface area contributed by atoms with Gasteiger partial charge in [-0.1, -0.05) is 36.4 Å². The largest absolute Gasteiger partial charge is 0.392 e. The summed E-state index contributed by atoms with van der Waals surface area (Å²) in [6, 6.07) is 15.1. The zero-order chi connectivity index (χ0) is 15.0. The van der Waals surface area contributed by atoms with Gasteiger partial charge < -0.3 is 15.9 Å². The number of aliphatic hydroxyl groups is 2. The monoisotopic (exact) mass is 273 g/mol. The quantitative estimate of drug-likeness (QED) is 0.797. The second kappa shape index (κ2) is 8.09. The van der Waals surface area contributed by atoms with Crippen LogP contribution in [0, 0.1) is 6.92 Å². The Morgan fingerprint density at radius 1 is 0.950 bits per heavy atom. The molecular formula is C16H19NO3. The highest BCUT2D eigenvalue weighted by molar-refractivity contribution is 5.93. The predicted molar refractivity (Wildman–Crippen MR) is 78.0 cm³/mol. The molecule has 0 saturated heterocycles. The molecule has 0 fully saturated rings. The van der Waals surface area contributed by atoms with Crippen LogP contribution < -0.4 is 5.73 Å². The van der Waals surface area contributed by atoms with E-state index in [0.717, 1.165) is 5.56 Å². The topological polar surface area (TPSA) is 83.5 Å². The minimum atomic E-state index is -0.561. The van der Waals surface area contributed by atoms with Crippen molar-refractivity contribution in [2.24, 2.45) is 5.73 Å². The van der Waals surface area contributed by atoms with E-state index >= 15 is 0 Å². The first-order chi connectivity index (χ1) is 9.60. The van der Waals surface area contributed by atoms with E-state index < -0.39 is 5.91 Å². The summed E-state index contributed by atoms with van der Waals surface area (Å²) in [5.41, 5.74) is 7.44. The number of rotatable bonds is 3. The van der Waals surface area contributed by atoms with Crippen LogP contribution in [0.5, 0.6) is 0 Å². The second-order valence-electron chi connectivity index (χ2n) is 4.25. The van der Waals surface area contributed by atoms with Crippen LogP contribution in [-0.2, 0) is 13.2 Å². The Bertz CT molecular complexity index is 501. The number of benzene rings is 2. The lowest BCUT2D eigenvalue weighted by Gasteiger charge is -2.09. The van der Waals surface area contributed by atoms with Crippen LogP contribution >= 0.6 is 0 Å². The fraction of sp³-hybridized carbons (Fsp3) is 0.188. The molecule has 0 bridgehead atoms. The van der Waals surface area contributed by atoms with E-state index in [1.165, 1.54) is 12.1 Å². The molecular weight excluding hydrogens is 254 g/mol. The van der Waals surface area contributed by atoms with E-state index in [0.29, 0.717) is 16.7 Å². The summed E-state index contributed by atoms with van der Waals surface area (Å²) in [5.74, 6) is -0.561. The molecule has 0 unspecified atom stereocenters. The molecule has 0 atom stereocenters. The molecule has 2 rings (SSSR count). The van der Waals surface area contributed by atoms with Gasteiger partial charge in [-0.15, -0.1) is 0 Å². The Kier molecular flexibility index (Phi) is 6.43. The Labute approximate surface area is 118 Å². The Balaban J connectivity index is 0.000000276. The average Bonchev–Trinajstić information content (AvgIpc) is 2.49. The van der Waals surface area contributed by atoms with E-state index in [1.54, 1.807) is 6.92 Å². The highest BCUT2D eigenvalue weighted by Gasteiger charge is 2.08. The van der Waals surface area contributed by atoms with Crippen molar-refractivity contribution >= 4 is 5.91 Å². The van der Waals surface area contributed by atoms with E-state index in [2.05, 4.69) is 0 Å². The Morgan fingerprint density at radius 2 is 1.30 bits per heavy atom. The maximum Gasteiger partial charge on any atom is 0.248 e. The second-order valence-corrected chi connectivity index (χ2v) is 4.25. The first-order valence-electron chi connectivity index (χ1n) is 6.24. The van der Waals surface area contributed by atoms with Crippen LogP contribution in [0.4, 0.5) is 0 Å². The molecule has 20 heavy (non-hydrogen) atoms. The number of hydrogen-bond acceptors (Lipinski definition) is 3. The molecule has 4 heteroatoms. The molecule has 1 amide bonds. The molecule has 0 spiro atoms. The maximum atomic E-state index is 10.9. The van der Waals surface area contributed by atoms with E-state index in [9.17, 15) is 4.79 Å². The SMILES string of the molecule is Cc1c(CO)cc(C(N)=O)cc1CO.c1ccccc1. The van der Waals surface area contributed by atoms with Crippen molar-refractivity contribution in [2.75, 3.05) is 0 Å². The van der Waals surface area contributed by atoms with E-state index in [-0.39, 0.29) is 13.2 Å². The number of nitrogens with two attached hydrogens (primary N) is 1. The van der Waals surface area contributed by atoms with Crippen LogP contribution in [0.3, 0.4) is 0 Å². The first-order valence-corrected chi connectivity index (χ1v) is 6.24. The molecule has 0 aliphatic rings. The molecule has 4 nitrogen and oxygen atoms in total. The third kappa shape index (κ3) is 4.50. The minimum absolute atomic E-state index is 0.167. The molecule has 2 aromatic rings. The summed E-state index contributed by atoms with van der Waals surface area (Å²) in [5, 5.41) is 18.0. The van der Waals surface area contributed by atoms with Crippen LogP contribution in [0.1, 0.15) is 27.0 Å². The van der Waals surface area contributed by atoms with Crippen molar-refractivity contribution in [2.45, 2.75) is 20.1 Å². The fourth-order valence-electron chi connectivity index (χ4n) is 1.70. The molecule has 0 aliphatic carbocycles. The normalized spacial score (nSPS) is 9.55. The van der Waals surface area contributed by atoms with Crippen molar-refractivity contribution in [1.29, 1.82) is 0 Å². The van der Waals surface area contributed by atoms with Gasteiger partial charge >= 0.3 is 0 Å². The van der Waals surface area contributed by atoms with Gasteiger partial charge in [0.15, 0.2) is 0 Å². The summed E-state index contributed by atoms with van der Waals surface area (Å²) in [7, 11) is 0. The van der Waals surface area contributed by atoms with Crippen molar-refractivity contribution in [3.63, 3.8) is 0 Å². The molecule has 4 N–H and O–H groups in total. The van der Waals surface area contributed by atoms with Crippen molar-refractivity contribution in [3.05, 3.63) is 70.8 Å². The summed E-state index contributed by atoms with van der Waals surface area (Å²) in [6.45, 7) is 1.45. The van der Waals surface area contributed by atoms with Gasteiger partial charge in [-0.3, -0.25) is 4.79 Å². The number of aliphatic hydroxyl groups excluding tert-OH is 2. The molecule has 0 heterocycles. The molecule has 0 saturated carbocycles. The molecule has 0 radical (unpaired) electrons. The lowest BCUT2D eigenvalue weighted by Crippen LogP contribution is -2.13. The lowest BCUT2D eigenvalue weighted by molar-refractivity contribution is 0.1000. The molecule has 0 aromatic heterocycles. The lowest BCUT2D eigenvalue weighted by atomic mass is 9.99. The van der Waals surface area contributed by atoms with Gasteiger partial charge in [0.05, 0.1) is 13.2 Å². The zero-order valence-corrected chi connectivity index (χ0v) is 11.4. The van der Waals surface area contributed by atoms with Crippen molar-refractivity contribution in [3.8, 4) is 0 Å². The first kappa shape index (κ1) is 15.9. The smallest absolute Gasteiger partial charge is 0.248 e. The van der Waals surface area contributed by atoms with Gasteiger partial charge in [0.2, 0.25) is 5.91 Å². The van der Waals surface area contributed by atoms with Crippen molar-refractivity contribution < 1.29 is 15.0 Å². The minimum Gasteiger partial charge on any atom is -0.392 e. The Morgan fingerprint density at radius 3 is 1.55 bits per heavy atom. The predicted octanol–water partition coefficient (Wildman–Crippen LogP) is 1.77. The van der Waals surface area contributed by atoms with Gasteiger partial charge in [0.25, 0.3) is 0 Å². The highest BCUT2D eigenvalue weighted by atomic mass is 16.3. The van der Waals surface area contributed by atoms with Gasteiger partial charge in [-0.05, 0) is 35.7 Å². The third-order valence-corrected chi connectivity index (χ3v) is 2.91. The van der Waals surface area contributed by atoms with Crippen LogP contribution in [0.25, 0.3) is 0 Å². The summed E-state index contributed by atoms with van der Waals surface area (Å²) < 4.78 is 0. The zero-order valence-electron chi connectivity index (χ0n) is 11.4. The number of hydrogen-bond donors (Lipinski definition) is 3. The number of primary amides is 1. The summed E-state index contributed by atoms with van der Waals surface area (Å²) in [4.78, 5) is 10.9. The number of carbonyl (C=O) groups excluding carboxylic acids is 1. The van der Waals surface area contributed by atoms with E-state index in [4.69, 9.17) is 15.9 Å². The molecule has 0 aliphatic heterocycles. The van der Waals surface area contributed by atoms with Gasteiger partial charge in [-0.2, -0.15) is 0 Å². The standard InChI is InChI=1S/C10H13NO3.C6H6/c1-6-8(4-12)2-7(10(11)14)3-9(6)5-13;1-2-4-6-5-3-1/h2-3,12-13H,4-5H2,1H3,(H2,11,14);1-6H. The fourth-order valence-corrected chi connectivity index (χ4v) is 1.70. The van der Waals surface area contributed by atoms with Crippen molar-refractivity contribution in [1.82, 2.24) is 0 Å². The van der Waals surface area contributed by atoms with E-state index in [1.807, 2.05) is 36.4 Å². The third-order valence-electron chi connectivity index (χ3n) is 2.91.